The second-order valence-electron chi connectivity index (χ2n) is 6.78. The fourth-order valence-electron chi connectivity index (χ4n) is 3.23. The Morgan fingerprint density at radius 1 is 1.22 bits per heavy atom. The molecule has 140 valence electrons. The zero-order valence-corrected chi connectivity index (χ0v) is 16.5. The molecule has 4 rings (SSSR count). The molecule has 0 bridgehead atoms. The van der Waals surface area contributed by atoms with Gasteiger partial charge in [0.05, 0.1) is 6.54 Å². The predicted molar refractivity (Wildman–Crippen MR) is 104 cm³/mol. The lowest BCUT2D eigenvalue weighted by Gasteiger charge is -2.16. The number of nitrogens with zero attached hydrogens (tertiary/aromatic N) is 3. The van der Waals surface area contributed by atoms with Gasteiger partial charge in [-0.3, -0.25) is 0 Å². The van der Waals surface area contributed by atoms with Crippen molar-refractivity contribution in [3.63, 3.8) is 0 Å². The number of hydrogen-bond donors (Lipinski definition) is 0. The summed E-state index contributed by atoms with van der Waals surface area (Å²) in [4.78, 5) is 4.36. The Labute approximate surface area is 166 Å². The normalized spacial score (nSPS) is 21.6. The first-order chi connectivity index (χ1) is 13.0. The summed E-state index contributed by atoms with van der Waals surface area (Å²) < 4.78 is 21.5. The molecule has 3 aromatic rings. The number of thioether (sulfide) groups is 1. The maximum atomic E-state index is 13.5. The van der Waals surface area contributed by atoms with E-state index in [-0.39, 0.29) is 11.9 Å². The van der Waals surface area contributed by atoms with Crippen LogP contribution in [0.5, 0.6) is 0 Å². The molecular weight excluding hydrogens is 385 g/mol. The van der Waals surface area contributed by atoms with Crippen molar-refractivity contribution in [1.29, 1.82) is 0 Å². The lowest BCUT2D eigenvalue weighted by Crippen LogP contribution is -2.21. The van der Waals surface area contributed by atoms with Crippen molar-refractivity contribution in [1.82, 2.24) is 14.8 Å². The zero-order chi connectivity index (χ0) is 19.0. The van der Waals surface area contributed by atoms with Gasteiger partial charge in [0.2, 0.25) is 0 Å². The molecule has 1 saturated heterocycles. The molecule has 2 atom stereocenters. The molecule has 1 fully saturated rings. The predicted octanol–water partition coefficient (Wildman–Crippen LogP) is 5.24. The molecule has 0 amide bonds. The highest BCUT2D eigenvalue weighted by atomic mass is 35.5. The van der Waals surface area contributed by atoms with Crippen LogP contribution in [0, 0.1) is 5.82 Å². The number of halogens is 2. The van der Waals surface area contributed by atoms with Crippen molar-refractivity contribution in [2.24, 2.45) is 0 Å². The zero-order valence-electron chi connectivity index (χ0n) is 15.0. The van der Waals surface area contributed by atoms with Crippen LogP contribution >= 0.6 is 23.4 Å². The number of hydrogen-bond acceptors (Lipinski definition) is 4. The summed E-state index contributed by atoms with van der Waals surface area (Å²) in [5, 5.41) is 6.26. The molecule has 1 aliphatic heterocycles. The molecule has 0 N–H and O–H groups in total. The van der Waals surface area contributed by atoms with Gasteiger partial charge in [-0.25, -0.2) is 14.1 Å². The monoisotopic (exact) mass is 403 g/mol. The van der Waals surface area contributed by atoms with E-state index in [4.69, 9.17) is 16.3 Å². The minimum atomic E-state index is -0.654. The standard InChI is InChI=1S/C20H19ClFN3OS/c1-13(2)27-19-23-12-24-25(19)11-20(14-7-9-15(22)10-8-14)18(26-20)16-5-3-4-6-17(16)21/h3-10,12-13,18H,11H2,1-2H3/t18-,20+/m0/s1. The summed E-state index contributed by atoms with van der Waals surface area (Å²) in [5.74, 6) is -0.277. The third-order valence-electron chi connectivity index (χ3n) is 4.52. The van der Waals surface area contributed by atoms with E-state index < -0.39 is 5.60 Å². The third kappa shape index (κ3) is 3.61. The van der Waals surface area contributed by atoms with Crippen molar-refractivity contribution >= 4 is 23.4 Å². The Morgan fingerprint density at radius 2 is 1.96 bits per heavy atom. The molecule has 0 aliphatic carbocycles. The number of benzene rings is 2. The molecule has 0 radical (unpaired) electrons. The first kappa shape index (κ1) is 18.5. The van der Waals surface area contributed by atoms with Gasteiger partial charge in [-0.1, -0.05) is 67.5 Å². The van der Waals surface area contributed by atoms with Crippen LogP contribution < -0.4 is 0 Å². The topological polar surface area (TPSA) is 43.2 Å². The second kappa shape index (κ2) is 7.26. The summed E-state index contributed by atoms with van der Waals surface area (Å²) in [6, 6.07) is 14.1. The van der Waals surface area contributed by atoms with Gasteiger partial charge in [0.15, 0.2) is 5.16 Å². The largest absolute Gasteiger partial charge is 0.354 e. The van der Waals surface area contributed by atoms with Crippen molar-refractivity contribution in [2.45, 2.75) is 42.5 Å². The van der Waals surface area contributed by atoms with E-state index in [1.165, 1.54) is 12.1 Å². The van der Waals surface area contributed by atoms with Gasteiger partial charge in [-0.2, -0.15) is 5.10 Å². The quantitative estimate of drug-likeness (QED) is 0.417. The van der Waals surface area contributed by atoms with Crippen LogP contribution in [0.2, 0.25) is 5.02 Å². The number of epoxide rings is 1. The average Bonchev–Trinajstić information content (AvgIpc) is 3.20. The van der Waals surface area contributed by atoms with Crippen LogP contribution in [0.3, 0.4) is 0 Å². The summed E-state index contributed by atoms with van der Waals surface area (Å²) in [7, 11) is 0. The summed E-state index contributed by atoms with van der Waals surface area (Å²) in [6.07, 6.45) is 1.33. The fourth-order valence-corrected chi connectivity index (χ4v) is 4.23. The van der Waals surface area contributed by atoms with Crippen LogP contribution in [0.25, 0.3) is 0 Å². The van der Waals surface area contributed by atoms with E-state index in [2.05, 4.69) is 23.9 Å². The minimum absolute atomic E-state index is 0.224. The van der Waals surface area contributed by atoms with Crippen LogP contribution in [0.1, 0.15) is 31.1 Å². The van der Waals surface area contributed by atoms with Crippen LogP contribution in [-0.4, -0.2) is 20.0 Å². The fraction of sp³-hybridized carbons (Fsp3) is 0.300. The SMILES string of the molecule is CC(C)Sc1ncnn1C[C@]1(c2ccc(F)cc2)O[C@H]1c1ccccc1Cl. The molecule has 0 unspecified atom stereocenters. The third-order valence-corrected chi connectivity index (χ3v) is 5.86. The molecule has 7 heteroatoms. The maximum absolute atomic E-state index is 13.5. The van der Waals surface area contributed by atoms with Gasteiger partial charge in [0, 0.05) is 15.8 Å². The van der Waals surface area contributed by atoms with Crippen molar-refractivity contribution in [3.05, 3.63) is 76.8 Å². The van der Waals surface area contributed by atoms with E-state index in [0.717, 1.165) is 16.3 Å². The second-order valence-corrected chi connectivity index (χ2v) is 8.73. The van der Waals surface area contributed by atoms with Gasteiger partial charge in [-0.15, -0.1) is 0 Å². The van der Waals surface area contributed by atoms with Crippen LogP contribution in [0.4, 0.5) is 4.39 Å². The summed E-state index contributed by atoms with van der Waals surface area (Å²) >= 11 is 8.05. The number of aromatic nitrogens is 3. The molecule has 1 aromatic heterocycles. The van der Waals surface area contributed by atoms with Gasteiger partial charge in [-0.05, 0) is 23.8 Å². The molecule has 0 spiro atoms. The number of rotatable bonds is 6. The Hall–Kier alpha value is -1.89. The Kier molecular flexibility index (Phi) is 4.97. The first-order valence-electron chi connectivity index (χ1n) is 8.72. The molecule has 4 nitrogen and oxygen atoms in total. The maximum Gasteiger partial charge on any atom is 0.186 e. The Balaban J connectivity index is 1.72. The minimum Gasteiger partial charge on any atom is -0.354 e. The summed E-state index contributed by atoms with van der Waals surface area (Å²) in [6.45, 7) is 4.70. The van der Waals surface area contributed by atoms with E-state index in [1.54, 1.807) is 30.2 Å². The van der Waals surface area contributed by atoms with Crippen LogP contribution in [0.15, 0.2) is 60.0 Å². The molecule has 2 heterocycles. The van der Waals surface area contributed by atoms with Crippen LogP contribution in [-0.2, 0) is 16.9 Å². The van der Waals surface area contributed by atoms with Gasteiger partial charge in [0.25, 0.3) is 0 Å². The average molecular weight is 404 g/mol. The van der Waals surface area contributed by atoms with E-state index in [0.29, 0.717) is 16.8 Å². The Bertz CT molecular complexity index is 946. The molecule has 27 heavy (non-hydrogen) atoms. The Morgan fingerprint density at radius 3 is 2.67 bits per heavy atom. The van der Waals surface area contributed by atoms with Crippen molar-refractivity contribution < 1.29 is 9.13 Å². The highest BCUT2D eigenvalue weighted by Crippen LogP contribution is 2.59. The van der Waals surface area contributed by atoms with E-state index in [9.17, 15) is 4.39 Å². The highest BCUT2D eigenvalue weighted by molar-refractivity contribution is 7.99. The van der Waals surface area contributed by atoms with Gasteiger partial charge in [0.1, 0.15) is 23.8 Å². The lowest BCUT2D eigenvalue weighted by atomic mass is 9.91. The molecule has 2 aromatic carbocycles. The smallest absolute Gasteiger partial charge is 0.186 e. The molecular formula is C20H19ClFN3OS. The number of ether oxygens (including phenoxy) is 1. The lowest BCUT2D eigenvalue weighted by molar-refractivity contribution is 0.256. The van der Waals surface area contributed by atoms with Crippen molar-refractivity contribution in [3.8, 4) is 0 Å². The molecule has 1 aliphatic rings. The van der Waals surface area contributed by atoms with Gasteiger partial charge >= 0.3 is 0 Å². The molecule has 0 saturated carbocycles. The summed E-state index contributed by atoms with van der Waals surface area (Å²) in [5.41, 5.74) is 1.16. The van der Waals surface area contributed by atoms with Crippen molar-refractivity contribution in [2.75, 3.05) is 0 Å². The van der Waals surface area contributed by atoms with E-state index in [1.807, 2.05) is 28.9 Å². The highest BCUT2D eigenvalue weighted by Gasteiger charge is 2.59. The van der Waals surface area contributed by atoms with Gasteiger partial charge < -0.3 is 4.74 Å². The first-order valence-corrected chi connectivity index (χ1v) is 9.98. The van der Waals surface area contributed by atoms with E-state index >= 15 is 0 Å².